The number of non-ortho nitro benzene ring substituents is 1. The van der Waals surface area contributed by atoms with Crippen LogP contribution in [0, 0.1) is 42.2 Å². The highest BCUT2D eigenvalue weighted by Crippen LogP contribution is 2.27. The third kappa shape index (κ3) is 3.60. The number of aryl methyl sites for hydroxylation is 1. The Morgan fingerprint density at radius 1 is 1.25 bits per heavy atom. The zero-order valence-electron chi connectivity index (χ0n) is 13.5. The highest BCUT2D eigenvalue weighted by atomic mass is 32.2. The van der Waals surface area contributed by atoms with Crippen molar-refractivity contribution in [1.29, 1.82) is 5.26 Å². The number of Topliss-reactive ketones (excluding diaryl/α,β-unsaturated/α-hetero) is 1. The number of rotatable bonds is 5. The lowest BCUT2D eigenvalue weighted by molar-refractivity contribution is -0.384. The summed E-state index contributed by atoms with van der Waals surface area (Å²) in [4.78, 5) is 26.8. The molecule has 6 nitrogen and oxygen atoms in total. The Morgan fingerprint density at radius 2 is 1.88 bits per heavy atom. The largest absolute Gasteiger partial charge is 0.293 e. The second-order valence-electron chi connectivity index (χ2n) is 5.26. The van der Waals surface area contributed by atoms with Gasteiger partial charge in [0.2, 0.25) is 0 Å². The summed E-state index contributed by atoms with van der Waals surface area (Å²) >= 11 is 1.21. The van der Waals surface area contributed by atoms with E-state index in [1.165, 1.54) is 36.0 Å². The van der Waals surface area contributed by atoms with Gasteiger partial charge in [0.15, 0.2) is 5.78 Å². The molecule has 2 aromatic rings. The molecule has 7 heteroatoms. The maximum atomic E-state index is 12.2. The van der Waals surface area contributed by atoms with Gasteiger partial charge in [-0.2, -0.15) is 5.26 Å². The summed E-state index contributed by atoms with van der Waals surface area (Å²) < 4.78 is 0. The number of ketones is 1. The molecule has 0 aliphatic rings. The first kappa shape index (κ1) is 17.6. The number of nitro benzene ring substituents is 1. The number of nitriles is 1. The van der Waals surface area contributed by atoms with Gasteiger partial charge in [0.25, 0.3) is 5.69 Å². The average molecular weight is 341 g/mol. The van der Waals surface area contributed by atoms with Crippen LogP contribution in [0.15, 0.2) is 29.3 Å². The van der Waals surface area contributed by atoms with Crippen LogP contribution in [0.25, 0.3) is 0 Å². The molecule has 1 aromatic carbocycles. The van der Waals surface area contributed by atoms with E-state index in [4.69, 9.17) is 0 Å². The van der Waals surface area contributed by atoms with Gasteiger partial charge in [-0.3, -0.25) is 14.9 Å². The Hall–Kier alpha value is -2.72. The molecule has 0 aliphatic heterocycles. The summed E-state index contributed by atoms with van der Waals surface area (Å²) in [6, 6.07) is 7.62. The number of thioether (sulfide) groups is 1. The molecule has 1 aromatic heterocycles. The second kappa shape index (κ2) is 7.23. The fraction of sp³-hybridized carbons (Fsp3) is 0.235. The van der Waals surface area contributed by atoms with Crippen molar-refractivity contribution in [3.63, 3.8) is 0 Å². The maximum Gasteiger partial charge on any atom is 0.269 e. The van der Waals surface area contributed by atoms with Crippen molar-refractivity contribution in [2.45, 2.75) is 25.8 Å². The van der Waals surface area contributed by atoms with Gasteiger partial charge < -0.3 is 0 Å². The van der Waals surface area contributed by atoms with Crippen LogP contribution in [-0.4, -0.2) is 21.4 Å². The molecular formula is C17H15N3O3S. The molecule has 0 fully saturated rings. The van der Waals surface area contributed by atoms with Crippen molar-refractivity contribution in [3.05, 3.63) is 62.3 Å². The molecule has 0 bridgehead atoms. The minimum atomic E-state index is -0.510. The molecule has 122 valence electrons. The van der Waals surface area contributed by atoms with Gasteiger partial charge in [0.1, 0.15) is 11.1 Å². The Balaban J connectivity index is 2.18. The second-order valence-corrected chi connectivity index (χ2v) is 6.22. The summed E-state index contributed by atoms with van der Waals surface area (Å²) in [7, 11) is 0. The lowest BCUT2D eigenvalue weighted by atomic mass is 10.1. The number of carbonyl (C=O) groups is 1. The standard InChI is InChI=1S/C17H15N3O3S/c1-10-11(2)15(8-18)17(19-12(10)3)24-9-16(21)13-4-6-14(7-5-13)20(22)23/h4-7H,9H2,1-3H3. The molecule has 0 saturated heterocycles. The molecule has 1 heterocycles. The third-order valence-corrected chi connectivity index (χ3v) is 4.79. The van der Waals surface area contributed by atoms with Crippen LogP contribution in [0.1, 0.15) is 32.7 Å². The minimum absolute atomic E-state index is 0.0579. The van der Waals surface area contributed by atoms with Gasteiger partial charge in [-0.1, -0.05) is 11.8 Å². The van der Waals surface area contributed by atoms with E-state index >= 15 is 0 Å². The zero-order chi connectivity index (χ0) is 17.9. The van der Waals surface area contributed by atoms with Crippen LogP contribution in [0.4, 0.5) is 5.69 Å². The normalized spacial score (nSPS) is 10.2. The van der Waals surface area contributed by atoms with Gasteiger partial charge in [-0.15, -0.1) is 0 Å². The SMILES string of the molecule is Cc1nc(SCC(=O)c2ccc([N+](=O)[O-])cc2)c(C#N)c(C)c1C. The summed E-state index contributed by atoms with van der Waals surface area (Å²) in [6.45, 7) is 5.64. The van der Waals surface area contributed by atoms with Gasteiger partial charge in [-0.25, -0.2) is 4.98 Å². The fourth-order valence-corrected chi connectivity index (χ4v) is 3.11. The highest BCUT2D eigenvalue weighted by molar-refractivity contribution is 8.00. The van der Waals surface area contributed by atoms with Crippen LogP contribution >= 0.6 is 11.8 Å². The van der Waals surface area contributed by atoms with E-state index in [1.54, 1.807) is 0 Å². The molecule has 24 heavy (non-hydrogen) atoms. The van der Waals surface area contributed by atoms with Crippen molar-refractivity contribution in [3.8, 4) is 6.07 Å². The van der Waals surface area contributed by atoms with E-state index < -0.39 is 4.92 Å². The fourth-order valence-electron chi connectivity index (χ4n) is 2.13. The molecule has 0 amide bonds. The van der Waals surface area contributed by atoms with E-state index in [1.807, 2.05) is 20.8 Å². The number of benzene rings is 1. The summed E-state index contributed by atoms with van der Waals surface area (Å²) in [5.74, 6) is -0.0574. The Labute approximate surface area is 143 Å². The maximum absolute atomic E-state index is 12.2. The van der Waals surface area contributed by atoms with Crippen molar-refractivity contribution >= 4 is 23.2 Å². The lowest BCUT2D eigenvalue weighted by Crippen LogP contribution is -2.05. The predicted octanol–water partition coefficient (Wildman–Crippen LogP) is 3.76. The number of nitro groups is 1. The van der Waals surface area contributed by atoms with Gasteiger partial charge in [0, 0.05) is 23.4 Å². The van der Waals surface area contributed by atoms with Gasteiger partial charge in [0.05, 0.1) is 16.2 Å². The van der Waals surface area contributed by atoms with Crippen LogP contribution in [0.2, 0.25) is 0 Å². The molecule has 0 unspecified atom stereocenters. The highest BCUT2D eigenvalue weighted by Gasteiger charge is 2.15. The first-order chi connectivity index (χ1) is 11.3. The monoisotopic (exact) mass is 341 g/mol. The van der Waals surface area contributed by atoms with Crippen LogP contribution in [0.5, 0.6) is 0 Å². The molecule has 0 spiro atoms. The van der Waals surface area contributed by atoms with Crippen LogP contribution in [-0.2, 0) is 0 Å². The van der Waals surface area contributed by atoms with E-state index in [2.05, 4.69) is 11.1 Å². The lowest BCUT2D eigenvalue weighted by Gasteiger charge is -2.10. The zero-order valence-corrected chi connectivity index (χ0v) is 14.3. The smallest absolute Gasteiger partial charge is 0.269 e. The van der Waals surface area contributed by atoms with E-state index in [9.17, 15) is 20.2 Å². The van der Waals surface area contributed by atoms with Crippen molar-refractivity contribution in [2.75, 3.05) is 5.75 Å². The van der Waals surface area contributed by atoms with Gasteiger partial charge >= 0.3 is 0 Å². The Morgan fingerprint density at radius 3 is 2.42 bits per heavy atom. The van der Waals surface area contributed by atoms with E-state index in [-0.39, 0.29) is 17.2 Å². The molecule has 0 atom stereocenters. The summed E-state index contributed by atoms with van der Waals surface area (Å²) in [5, 5.41) is 20.5. The topological polar surface area (TPSA) is 96.9 Å². The number of hydrogen-bond acceptors (Lipinski definition) is 6. The predicted molar refractivity (Wildman–Crippen MR) is 91.3 cm³/mol. The van der Waals surface area contributed by atoms with E-state index in [0.717, 1.165) is 16.8 Å². The average Bonchev–Trinajstić information content (AvgIpc) is 2.57. The summed E-state index contributed by atoms with van der Waals surface area (Å²) in [5.41, 5.74) is 3.49. The first-order valence-electron chi connectivity index (χ1n) is 7.13. The van der Waals surface area contributed by atoms with Crippen molar-refractivity contribution < 1.29 is 9.72 Å². The molecular weight excluding hydrogens is 326 g/mol. The molecule has 0 aliphatic carbocycles. The number of pyridine rings is 1. The number of nitrogens with zero attached hydrogens (tertiary/aromatic N) is 3. The number of aromatic nitrogens is 1. The molecule has 0 radical (unpaired) electrons. The van der Waals surface area contributed by atoms with Crippen molar-refractivity contribution in [1.82, 2.24) is 4.98 Å². The first-order valence-corrected chi connectivity index (χ1v) is 8.12. The Bertz CT molecular complexity index is 855. The van der Waals surface area contributed by atoms with E-state index in [0.29, 0.717) is 16.2 Å². The number of hydrogen-bond donors (Lipinski definition) is 0. The molecule has 0 saturated carbocycles. The third-order valence-electron chi connectivity index (χ3n) is 3.82. The molecule has 2 rings (SSSR count). The number of carbonyl (C=O) groups excluding carboxylic acids is 1. The van der Waals surface area contributed by atoms with Crippen LogP contribution in [0.3, 0.4) is 0 Å². The summed E-state index contributed by atoms with van der Waals surface area (Å²) in [6.07, 6.45) is 0. The van der Waals surface area contributed by atoms with Crippen molar-refractivity contribution in [2.24, 2.45) is 0 Å². The minimum Gasteiger partial charge on any atom is -0.293 e. The Kier molecular flexibility index (Phi) is 5.31. The van der Waals surface area contributed by atoms with Gasteiger partial charge in [-0.05, 0) is 44.0 Å². The van der Waals surface area contributed by atoms with Crippen LogP contribution < -0.4 is 0 Å². The quantitative estimate of drug-likeness (QED) is 0.355. The molecule has 0 N–H and O–H groups in total.